The quantitative estimate of drug-likeness (QED) is 0.201. The fourth-order valence-corrected chi connectivity index (χ4v) is 3.91. The first-order valence-corrected chi connectivity index (χ1v) is 11.9. The van der Waals surface area contributed by atoms with Crippen LogP contribution in [-0.2, 0) is 0 Å². The summed E-state index contributed by atoms with van der Waals surface area (Å²) in [5.41, 5.74) is 11.5. The molecule has 4 aromatic carbocycles. The number of ether oxygens (including phenoxy) is 1. The molecule has 36 heavy (non-hydrogen) atoms. The molecule has 5 rings (SSSR count). The Kier molecular flexibility index (Phi) is 8.79. The Balaban J connectivity index is 0.000000861. The van der Waals surface area contributed by atoms with E-state index in [0.29, 0.717) is 5.69 Å². The smallest absolute Gasteiger partial charge is 0.344 e. The molecule has 0 atom stereocenters. The number of nitrogens with two attached hydrogens (primary N) is 1. The zero-order valence-electron chi connectivity index (χ0n) is 20.7. The van der Waals surface area contributed by atoms with Crippen molar-refractivity contribution < 1.29 is 17.9 Å². The average Bonchev–Trinajstić information content (AvgIpc) is 3.25. The second kappa shape index (κ2) is 12.0. The lowest BCUT2D eigenvalue weighted by molar-refractivity contribution is 0.241. The summed E-state index contributed by atoms with van der Waals surface area (Å²) in [6.07, 6.45) is -2.49. The molecule has 1 aromatic heterocycles. The van der Waals surface area contributed by atoms with Gasteiger partial charge in [0.25, 0.3) is 0 Å². The van der Waals surface area contributed by atoms with Crippen molar-refractivity contribution in [2.24, 2.45) is 0 Å². The molecule has 0 aliphatic carbocycles. The number of fused-ring (bicyclic) bond motifs is 3. The second-order valence-electron chi connectivity index (χ2n) is 7.34. The van der Waals surface area contributed by atoms with E-state index >= 15 is 0 Å². The van der Waals surface area contributed by atoms with Crippen LogP contribution in [0.2, 0.25) is 0 Å². The lowest BCUT2D eigenvalue weighted by atomic mass is 10.0. The minimum Gasteiger partial charge on any atom is -0.428 e. The molecule has 0 aliphatic heterocycles. The molecule has 1 heterocycles. The number of hydrogen-bond acceptors (Lipinski definition) is 2. The summed E-state index contributed by atoms with van der Waals surface area (Å²) in [4.78, 5) is 0. The van der Waals surface area contributed by atoms with Gasteiger partial charge in [0, 0.05) is 22.1 Å². The van der Waals surface area contributed by atoms with Gasteiger partial charge in [-0.05, 0) is 65.7 Å². The van der Waals surface area contributed by atoms with Crippen LogP contribution in [0.5, 0.6) is 5.75 Å². The van der Waals surface area contributed by atoms with Gasteiger partial charge in [-0.2, -0.15) is 13.2 Å². The van der Waals surface area contributed by atoms with Gasteiger partial charge in [0.05, 0.1) is 11.0 Å². The summed E-state index contributed by atoms with van der Waals surface area (Å²) in [6.45, 7) is 8.00. The van der Waals surface area contributed by atoms with Crippen molar-refractivity contribution in [2.45, 2.75) is 27.7 Å². The molecule has 2 N–H and O–H groups in total. The van der Waals surface area contributed by atoms with E-state index in [0.717, 1.165) is 38.6 Å². The molecule has 0 spiro atoms. The van der Waals surface area contributed by atoms with E-state index in [4.69, 9.17) is 5.73 Å². The number of halogens is 3. The van der Waals surface area contributed by atoms with Gasteiger partial charge in [-0.25, -0.2) is 0 Å². The maximum absolute atomic E-state index is 13.0. The lowest BCUT2D eigenvalue weighted by Gasteiger charge is -2.09. The fourth-order valence-electron chi connectivity index (χ4n) is 3.91. The zero-order valence-corrected chi connectivity index (χ0v) is 20.7. The molecule has 0 aliphatic rings. The molecule has 0 amide bonds. The first-order chi connectivity index (χ1) is 17.5. The van der Waals surface area contributed by atoms with Crippen molar-refractivity contribution in [3.8, 4) is 22.6 Å². The number of benzene rings is 4. The largest absolute Gasteiger partial charge is 0.428 e. The Morgan fingerprint density at radius 2 is 1.25 bits per heavy atom. The molecule has 0 unspecified atom stereocenters. The molecule has 186 valence electrons. The van der Waals surface area contributed by atoms with Crippen molar-refractivity contribution in [3.05, 3.63) is 103 Å². The Bertz CT molecular complexity index is 1470. The highest BCUT2D eigenvalue weighted by atomic mass is 19.3. The van der Waals surface area contributed by atoms with E-state index in [9.17, 15) is 13.2 Å². The van der Waals surface area contributed by atoms with Gasteiger partial charge in [0.1, 0.15) is 5.75 Å². The van der Waals surface area contributed by atoms with E-state index in [1.165, 1.54) is 12.1 Å². The van der Waals surface area contributed by atoms with Crippen molar-refractivity contribution in [3.63, 3.8) is 0 Å². The van der Waals surface area contributed by atoms with Crippen molar-refractivity contribution in [1.29, 1.82) is 0 Å². The summed E-state index contributed by atoms with van der Waals surface area (Å²) >= 11 is 0. The molecule has 0 saturated carbocycles. The highest BCUT2D eigenvalue weighted by Gasteiger charge is 2.13. The van der Waals surface area contributed by atoms with E-state index in [1.807, 2.05) is 76.2 Å². The van der Waals surface area contributed by atoms with Gasteiger partial charge >= 0.3 is 12.1 Å². The van der Waals surface area contributed by atoms with Gasteiger partial charge in [-0.3, -0.25) is 0 Å². The fraction of sp³-hybridized carbons (Fsp3) is 0.133. The summed E-state index contributed by atoms with van der Waals surface area (Å²) < 4.78 is 44.2. The maximum atomic E-state index is 13.0. The minimum atomic E-state index is -2.49. The number of nitrogens with zero attached hydrogens (tertiary/aromatic N) is 1. The summed E-state index contributed by atoms with van der Waals surface area (Å²) in [5, 5.41) is 2.18. The van der Waals surface area contributed by atoms with Crippen LogP contribution in [0.1, 0.15) is 27.7 Å². The Hall–Kier alpha value is -4.19. The van der Waals surface area contributed by atoms with Crippen LogP contribution in [0.25, 0.3) is 38.6 Å². The molecule has 0 radical (unpaired) electrons. The Morgan fingerprint density at radius 1 is 0.667 bits per heavy atom. The maximum Gasteiger partial charge on any atom is 0.344 e. The predicted molar refractivity (Wildman–Crippen MR) is 144 cm³/mol. The van der Waals surface area contributed by atoms with Crippen molar-refractivity contribution >= 4 is 27.5 Å². The first-order valence-electron chi connectivity index (χ1n) is 11.9. The normalized spacial score (nSPS) is 10.2. The number of rotatable bonds is 4. The Labute approximate surface area is 209 Å². The lowest BCUT2D eigenvalue weighted by Crippen LogP contribution is -1.94. The van der Waals surface area contributed by atoms with Gasteiger partial charge in [0.15, 0.2) is 0 Å². The first kappa shape index (κ1) is 26.4. The van der Waals surface area contributed by atoms with E-state index in [-0.39, 0.29) is 5.75 Å². The highest BCUT2D eigenvalue weighted by Crippen LogP contribution is 2.35. The third-order valence-electron chi connectivity index (χ3n) is 5.37. The van der Waals surface area contributed by atoms with Crippen LogP contribution in [-0.4, -0.2) is 4.57 Å². The molecule has 0 saturated heterocycles. The predicted octanol–water partition coefficient (Wildman–Crippen LogP) is 9.50. The van der Waals surface area contributed by atoms with Crippen LogP contribution < -0.4 is 10.5 Å². The van der Waals surface area contributed by atoms with E-state index < -0.39 is 12.1 Å². The minimum absolute atomic E-state index is 0.0000754. The van der Waals surface area contributed by atoms with Gasteiger partial charge in [-0.1, -0.05) is 64.1 Å². The molecule has 6 heteroatoms. The molecule has 5 aromatic rings. The summed E-state index contributed by atoms with van der Waals surface area (Å²) in [5.74, 6) is 0.0000754. The molecule has 0 fully saturated rings. The van der Waals surface area contributed by atoms with Gasteiger partial charge in [0.2, 0.25) is 0 Å². The van der Waals surface area contributed by atoms with E-state index in [2.05, 4.69) is 27.5 Å². The highest BCUT2D eigenvalue weighted by molar-refractivity contribution is 6.10. The number of nitrogen functional groups attached to an aromatic ring is 1. The monoisotopic (exact) mass is 490 g/mol. The van der Waals surface area contributed by atoms with Crippen LogP contribution in [0, 0.1) is 0 Å². The van der Waals surface area contributed by atoms with Gasteiger partial charge in [-0.15, -0.1) is 0 Å². The third-order valence-corrected chi connectivity index (χ3v) is 5.37. The molecule has 0 bridgehead atoms. The van der Waals surface area contributed by atoms with Crippen molar-refractivity contribution in [1.82, 2.24) is 4.57 Å². The average molecular weight is 491 g/mol. The second-order valence-corrected chi connectivity index (χ2v) is 7.34. The van der Waals surface area contributed by atoms with Crippen LogP contribution >= 0.6 is 0 Å². The number of hydrogen-bond donors (Lipinski definition) is 1. The standard InChI is InChI=1S/C26H17F3N2O.2C2H6/c27-25(28)26(29)32-20-12-5-16(6-13-20)17-7-14-24-22(15-17)21-3-1-2-4-23(21)31(24)19-10-8-18(30)9-11-19;2*1-2/h1-15H,30H2;2*1-2H3. The number of anilines is 1. The van der Waals surface area contributed by atoms with Crippen LogP contribution in [0.3, 0.4) is 0 Å². The van der Waals surface area contributed by atoms with E-state index in [1.54, 1.807) is 12.1 Å². The molecular formula is C30H29F3N2O. The topological polar surface area (TPSA) is 40.2 Å². The number of para-hydroxylation sites is 1. The summed E-state index contributed by atoms with van der Waals surface area (Å²) in [7, 11) is 0. The Morgan fingerprint density at radius 3 is 1.89 bits per heavy atom. The van der Waals surface area contributed by atoms with Crippen molar-refractivity contribution in [2.75, 3.05) is 5.73 Å². The SMILES string of the molecule is CC.CC.Nc1ccc(-n2c3ccccc3c3cc(-c4ccc(OC(F)=C(F)F)cc4)ccc32)cc1. The molecular weight excluding hydrogens is 461 g/mol. The summed E-state index contributed by atoms with van der Waals surface area (Å²) in [6, 6.07) is 26.4. The molecule has 3 nitrogen and oxygen atoms in total. The van der Waals surface area contributed by atoms with Crippen LogP contribution in [0.15, 0.2) is 103 Å². The zero-order chi connectivity index (χ0) is 26.2. The third kappa shape index (κ3) is 5.38. The number of aromatic nitrogens is 1. The van der Waals surface area contributed by atoms with Gasteiger partial charge < -0.3 is 15.0 Å². The van der Waals surface area contributed by atoms with Crippen LogP contribution in [0.4, 0.5) is 18.9 Å².